The third-order valence-electron chi connectivity index (χ3n) is 4.66. The average Bonchev–Trinajstić information content (AvgIpc) is 3.48. The topological polar surface area (TPSA) is 85.6 Å². The van der Waals surface area contributed by atoms with Crippen molar-refractivity contribution in [1.82, 2.24) is 10.3 Å². The van der Waals surface area contributed by atoms with Crippen molar-refractivity contribution in [3.63, 3.8) is 0 Å². The highest BCUT2D eigenvalue weighted by Gasteiger charge is 2.16. The summed E-state index contributed by atoms with van der Waals surface area (Å²) in [5.41, 5.74) is 2.19. The highest BCUT2D eigenvalue weighted by molar-refractivity contribution is 7.80. The van der Waals surface area contributed by atoms with Crippen molar-refractivity contribution in [1.29, 1.82) is 0 Å². The number of carbonyl (C=O) groups excluding carboxylic acids is 1. The molecule has 0 saturated heterocycles. The van der Waals surface area contributed by atoms with Crippen molar-refractivity contribution in [3.05, 3.63) is 69.7 Å². The van der Waals surface area contributed by atoms with Gasteiger partial charge in [0, 0.05) is 21.5 Å². The number of ether oxygens (including phenoxy) is 2. The number of aromatic nitrogens is 1. The van der Waals surface area contributed by atoms with Crippen LogP contribution in [0.4, 0.5) is 5.13 Å². The summed E-state index contributed by atoms with van der Waals surface area (Å²) in [5, 5.41) is 8.88. The van der Waals surface area contributed by atoms with E-state index in [4.69, 9.17) is 49.3 Å². The Labute approximate surface area is 214 Å². The van der Waals surface area contributed by atoms with Gasteiger partial charge in [-0.05, 0) is 60.7 Å². The van der Waals surface area contributed by atoms with Crippen LogP contribution < -0.4 is 20.1 Å². The Morgan fingerprint density at radius 3 is 2.59 bits per heavy atom. The van der Waals surface area contributed by atoms with Gasteiger partial charge in [-0.3, -0.25) is 10.1 Å². The van der Waals surface area contributed by atoms with Crippen LogP contribution in [0, 0.1) is 0 Å². The maximum absolute atomic E-state index is 12.6. The molecular weight excluding hydrogens is 517 g/mol. The smallest absolute Gasteiger partial charge is 0.293 e. The fourth-order valence-corrected chi connectivity index (χ4v) is 4.53. The number of hydrogen-bond acceptors (Lipinski definition) is 7. The molecule has 174 valence electrons. The van der Waals surface area contributed by atoms with Crippen molar-refractivity contribution in [2.75, 3.05) is 19.5 Å². The van der Waals surface area contributed by atoms with E-state index in [0.717, 1.165) is 11.3 Å². The van der Waals surface area contributed by atoms with Crippen LogP contribution in [0.15, 0.2) is 58.3 Å². The summed E-state index contributed by atoms with van der Waals surface area (Å²) in [6.45, 7) is 0. The van der Waals surface area contributed by atoms with Gasteiger partial charge in [0.05, 0.1) is 24.9 Å². The minimum absolute atomic E-state index is 0.0790. The molecule has 2 N–H and O–H groups in total. The number of nitrogens with one attached hydrogen (secondary N) is 2. The van der Waals surface area contributed by atoms with Gasteiger partial charge in [-0.2, -0.15) is 0 Å². The lowest BCUT2D eigenvalue weighted by atomic mass is 10.1. The summed E-state index contributed by atoms with van der Waals surface area (Å²) in [7, 11) is 3.15. The number of carbonyl (C=O) groups is 1. The highest BCUT2D eigenvalue weighted by Crippen LogP contribution is 2.34. The zero-order chi connectivity index (χ0) is 24.2. The number of amides is 1. The zero-order valence-corrected chi connectivity index (χ0v) is 21.0. The van der Waals surface area contributed by atoms with Crippen molar-refractivity contribution >= 4 is 62.9 Å². The van der Waals surface area contributed by atoms with Crippen LogP contribution in [0.2, 0.25) is 10.0 Å². The van der Waals surface area contributed by atoms with Gasteiger partial charge in [-0.1, -0.05) is 23.2 Å². The fraction of sp³-hybridized carbons (Fsp3) is 0.0870. The molecule has 2 heterocycles. The maximum Gasteiger partial charge on any atom is 0.293 e. The standard InChI is InChI=1S/C23H17Cl2N3O4S2/c1-30-18-6-3-12(9-20(18)31-2)16-11-34-23(26-16)28-22(33)27-21(29)19-8-7-17(32-19)14-5-4-13(24)10-15(14)25/h3-11H,1-2H3,(H2,26,27,28,29,33). The molecule has 0 atom stereocenters. The number of benzene rings is 2. The van der Waals surface area contributed by atoms with Crippen LogP contribution in [0.5, 0.6) is 11.5 Å². The average molecular weight is 534 g/mol. The molecule has 0 bridgehead atoms. The quantitative estimate of drug-likeness (QED) is 0.273. The van der Waals surface area contributed by atoms with E-state index in [9.17, 15) is 4.79 Å². The SMILES string of the molecule is COc1ccc(-c2csc(NC(=S)NC(=O)c3ccc(-c4ccc(Cl)cc4Cl)o3)n2)cc1OC. The second kappa shape index (κ2) is 10.4. The lowest BCUT2D eigenvalue weighted by Gasteiger charge is -2.08. The molecule has 2 aromatic carbocycles. The predicted octanol–water partition coefficient (Wildman–Crippen LogP) is 6.52. The second-order valence-electron chi connectivity index (χ2n) is 6.80. The molecule has 0 aliphatic carbocycles. The van der Waals surface area contributed by atoms with Gasteiger partial charge in [-0.25, -0.2) is 4.98 Å². The van der Waals surface area contributed by atoms with Gasteiger partial charge >= 0.3 is 0 Å². The molecular formula is C23H17Cl2N3O4S2. The number of furan rings is 1. The van der Waals surface area contributed by atoms with Crippen molar-refractivity contribution in [2.45, 2.75) is 0 Å². The molecule has 0 spiro atoms. The summed E-state index contributed by atoms with van der Waals surface area (Å²) in [6, 6.07) is 13.7. The molecule has 0 aliphatic rings. The molecule has 0 fully saturated rings. The van der Waals surface area contributed by atoms with E-state index < -0.39 is 5.91 Å². The Hall–Kier alpha value is -3.11. The Morgan fingerprint density at radius 2 is 1.85 bits per heavy atom. The molecule has 34 heavy (non-hydrogen) atoms. The van der Waals surface area contributed by atoms with Crippen LogP contribution in [0.1, 0.15) is 10.6 Å². The molecule has 0 unspecified atom stereocenters. The molecule has 2 aromatic heterocycles. The Morgan fingerprint density at radius 1 is 1.06 bits per heavy atom. The van der Waals surface area contributed by atoms with Crippen LogP contribution in [0.3, 0.4) is 0 Å². The Bertz CT molecular complexity index is 1370. The molecule has 11 heteroatoms. The number of nitrogens with zero attached hydrogens (tertiary/aromatic N) is 1. The summed E-state index contributed by atoms with van der Waals surface area (Å²) >= 11 is 18.7. The van der Waals surface area contributed by atoms with E-state index in [-0.39, 0.29) is 10.9 Å². The van der Waals surface area contributed by atoms with E-state index in [1.165, 1.54) is 17.4 Å². The van der Waals surface area contributed by atoms with E-state index >= 15 is 0 Å². The Balaban J connectivity index is 1.40. The predicted molar refractivity (Wildman–Crippen MR) is 139 cm³/mol. The minimum Gasteiger partial charge on any atom is -0.493 e. The minimum atomic E-state index is -0.509. The van der Waals surface area contributed by atoms with E-state index in [1.807, 2.05) is 17.5 Å². The molecule has 4 aromatic rings. The number of hydrogen-bond donors (Lipinski definition) is 2. The molecule has 0 aliphatic heterocycles. The number of thiocarbonyl (C=S) groups is 1. The van der Waals surface area contributed by atoms with Crippen molar-refractivity contribution in [3.8, 4) is 34.1 Å². The first-order chi connectivity index (χ1) is 16.4. The maximum atomic E-state index is 12.6. The molecule has 1 amide bonds. The van der Waals surface area contributed by atoms with Crippen LogP contribution in [0.25, 0.3) is 22.6 Å². The van der Waals surface area contributed by atoms with E-state index in [2.05, 4.69) is 15.6 Å². The van der Waals surface area contributed by atoms with Gasteiger partial charge in [-0.15, -0.1) is 11.3 Å². The number of anilines is 1. The normalized spacial score (nSPS) is 10.6. The van der Waals surface area contributed by atoms with Gasteiger partial charge in [0.15, 0.2) is 27.5 Å². The number of rotatable bonds is 6. The van der Waals surface area contributed by atoms with Gasteiger partial charge in [0.25, 0.3) is 5.91 Å². The van der Waals surface area contributed by atoms with Crippen LogP contribution in [-0.2, 0) is 0 Å². The fourth-order valence-electron chi connectivity index (χ4n) is 3.05. The number of halogens is 2. The molecule has 7 nitrogen and oxygen atoms in total. The molecule has 0 radical (unpaired) electrons. The van der Waals surface area contributed by atoms with Crippen LogP contribution in [-0.4, -0.2) is 30.2 Å². The largest absolute Gasteiger partial charge is 0.493 e. The van der Waals surface area contributed by atoms with Crippen LogP contribution >= 0.6 is 46.8 Å². The first kappa shape index (κ1) is 24.0. The summed E-state index contributed by atoms with van der Waals surface area (Å²) in [4.78, 5) is 17.1. The molecule has 0 saturated carbocycles. The van der Waals surface area contributed by atoms with E-state index in [0.29, 0.717) is 38.0 Å². The van der Waals surface area contributed by atoms with Crippen molar-refractivity contribution < 1.29 is 18.7 Å². The summed E-state index contributed by atoms with van der Waals surface area (Å²) < 4.78 is 16.2. The zero-order valence-electron chi connectivity index (χ0n) is 17.8. The highest BCUT2D eigenvalue weighted by atomic mass is 35.5. The number of thiazole rings is 1. The van der Waals surface area contributed by atoms with Gasteiger partial charge in [0.1, 0.15) is 5.76 Å². The monoisotopic (exact) mass is 533 g/mol. The van der Waals surface area contributed by atoms with Crippen molar-refractivity contribution in [2.24, 2.45) is 0 Å². The Kier molecular flexibility index (Phi) is 7.38. The lowest BCUT2D eigenvalue weighted by Crippen LogP contribution is -2.33. The first-order valence-electron chi connectivity index (χ1n) is 9.73. The first-order valence-corrected chi connectivity index (χ1v) is 11.8. The lowest BCUT2D eigenvalue weighted by molar-refractivity contribution is 0.0951. The third-order valence-corrected chi connectivity index (χ3v) is 6.17. The number of methoxy groups -OCH3 is 2. The summed E-state index contributed by atoms with van der Waals surface area (Å²) in [5.74, 6) is 1.23. The third kappa shape index (κ3) is 5.34. The van der Waals surface area contributed by atoms with Gasteiger partial charge < -0.3 is 19.2 Å². The van der Waals surface area contributed by atoms with E-state index in [1.54, 1.807) is 44.6 Å². The summed E-state index contributed by atoms with van der Waals surface area (Å²) in [6.07, 6.45) is 0. The second-order valence-corrected chi connectivity index (χ2v) is 8.91. The van der Waals surface area contributed by atoms with Gasteiger partial charge in [0.2, 0.25) is 0 Å². The molecule has 4 rings (SSSR count).